The first kappa shape index (κ1) is 25.9. The zero-order valence-corrected chi connectivity index (χ0v) is 19.6. The minimum absolute atomic E-state index is 0.110. The molecular weight excluding hydrogens is 451 g/mol. The Hall–Kier alpha value is -3.33. The van der Waals surface area contributed by atoms with Gasteiger partial charge in [0, 0.05) is 26.3 Å². The number of rotatable bonds is 11. The molecule has 1 heterocycles. The van der Waals surface area contributed by atoms with E-state index < -0.39 is 39.8 Å². The largest absolute Gasteiger partial charge is 0.369 e. The molecule has 0 aliphatic carbocycles. The molecule has 2 rings (SSSR count). The molecule has 8 nitrogen and oxygen atoms in total. The predicted molar refractivity (Wildman–Crippen MR) is 122 cm³/mol. The molecule has 1 atom stereocenters. The number of nitrogens with one attached hydrogen (secondary N) is 1. The molecule has 1 aromatic heterocycles. The van der Waals surface area contributed by atoms with Crippen LogP contribution in [0.3, 0.4) is 0 Å². The Labute approximate surface area is 196 Å². The van der Waals surface area contributed by atoms with E-state index in [9.17, 15) is 24.1 Å². The number of allylic oxidation sites excluding steroid dienone is 1. The molecule has 1 aromatic carbocycles. The summed E-state index contributed by atoms with van der Waals surface area (Å²) in [5.41, 5.74) is 0.505. The van der Waals surface area contributed by atoms with Crippen molar-refractivity contribution in [1.29, 1.82) is 0 Å². The molecule has 1 unspecified atom stereocenters. The van der Waals surface area contributed by atoms with Crippen LogP contribution in [0.2, 0.25) is 5.15 Å². The first-order chi connectivity index (χ1) is 15.6. The maximum absolute atomic E-state index is 14.1. The molecule has 33 heavy (non-hydrogen) atoms. The Morgan fingerprint density at radius 3 is 2.36 bits per heavy atom. The van der Waals surface area contributed by atoms with Crippen LogP contribution in [-0.2, 0) is 16.1 Å². The molecular formula is C23H26ClFN4O4. The van der Waals surface area contributed by atoms with Crippen LogP contribution < -0.4 is 5.32 Å². The van der Waals surface area contributed by atoms with Crippen LogP contribution in [0.15, 0.2) is 54.1 Å². The Morgan fingerprint density at radius 1 is 1.24 bits per heavy atom. The fraction of sp³-hybridized carbons (Fsp3) is 0.348. The van der Waals surface area contributed by atoms with Gasteiger partial charge in [-0.05, 0) is 50.1 Å². The van der Waals surface area contributed by atoms with Crippen LogP contribution in [0.25, 0.3) is 0 Å². The highest BCUT2D eigenvalue weighted by molar-refractivity contribution is 6.29. The highest BCUT2D eigenvalue weighted by atomic mass is 35.5. The normalized spacial score (nSPS) is 12.7. The lowest BCUT2D eigenvalue weighted by Crippen LogP contribution is -2.37. The summed E-state index contributed by atoms with van der Waals surface area (Å²) in [6.07, 6.45) is 1.56. The number of Topliss-reactive ketones (excluding diaryl/α,β-unsaturated/α-hetero) is 2. The monoisotopic (exact) mass is 476 g/mol. The van der Waals surface area contributed by atoms with Crippen LogP contribution >= 0.6 is 11.6 Å². The molecule has 176 valence electrons. The van der Waals surface area contributed by atoms with Gasteiger partial charge in [0.15, 0.2) is 5.82 Å². The summed E-state index contributed by atoms with van der Waals surface area (Å²) >= 11 is 5.85. The van der Waals surface area contributed by atoms with Gasteiger partial charge >= 0.3 is 0 Å². The molecule has 2 aromatic rings. The van der Waals surface area contributed by atoms with Crippen molar-refractivity contribution in [3.05, 3.63) is 86.3 Å². The van der Waals surface area contributed by atoms with Gasteiger partial charge in [-0.25, -0.2) is 9.37 Å². The molecule has 0 spiro atoms. The van der Waals surface area contributed by atoms with Gasteiger partial charge in [0.1, 0.15) is 22.5 Å². The van der Waals surface area contributed by atoms with E-state index in [0.717, 1.165) is 11.6 Å². The number of nitro groups is 1. The molecule has 0 saturated heterocycles. The number of carbonyl (C=O) groups excluding carboxylic acids is 2. The second-order valence-corrected chi connectivity index (χ2v) is 7.86. The van der Waals surface area contributed by atoms with E-state index in [0.29, 0.717) is 11.7 Å². The van der Waals surface area contributed by atoms with E-state index in [1.54, 1.807) is 23.2 Å². The van der Waals surface area contributed by atoms with Crippen LogP contribution in [0.5, 0.6) is 0 Å². The van der Waals surface area contributed by atoms with Gasteiger partial charge in [-0.15, -0.1) is 0 Å². The number of aromatic nitrogens is 1. The summed E-state index contributed by atoms with van der Waals surface area (Å²) in [7, 11) is 1.51. The summed E-state index contributed by atoms with van der Waals surface area (Å²) in [5.74, 6) is -4.26. The van der Waals surface area contributed by atoms with E-state index in [1.165, 1.54) is 39.1 Å². The standard InChI is InChI=1S/C23H26ClFN4O4/c1-5-28(13-16-9-10-19(24)27-12-16)23(26-4)22(29(32)33)21(20(14(2)30)15(3)31)17-7-6-8-18(25)11-17/h6-12,20-21,26H,5,13H2,1-4H3/b23-22-. The van der Waals surface area contributed by atoms with Crippen molar-refractivity contribution in [2.45, 2.75) is 33.2 Å². The highest BCUT2D eigenvalue weighted by Gasteiger charge is 2.43. The summed E-state index contributed by atoms with van der Waals surface area (Å²) in [6, 6.07) is 8.52. The van der Waals surface area contributed by atoms with Gasteiger partial charge in [0.25, 0.3) is 5.70 Å². The van der Waals surface area contributed by atoms with Crippen molar-refractivity contribution in [2.24, 2.45) is 5.92 Å². The summed E-state index contributed by atoms with van der Waals surface area (Å²) < 4.78 is 14.1. The lowest BCUT2D eigenvalue weighted by molar-refractivity contribution is -0.433. The number of hydrogen-bond donors (Lipinski definition) is 1. The van der Waals surface area contributed by atoms with E-state index in [1.807, 2.05) is 6.92 Å². The fourth-order valence-electron chi connectivity index (χ4n) is 3.83. The van der Waals surface area contributed by atoms with Gasteiger partial charge in [-0.2, -0.15) is 0 Å². The molecule has 0 radical (unpaired) electrons. The second-order valence-electron chi connectivity index (χ2n) is 7.48. The lowest BCUT2D eigenvalue weighted by Gasteiger charge is -2.29. The molecule has 0 saturated carbocycles. The molecule has 1 N–H and O–H groups in total. The molecule has 0 amide bonds. The Kier molecular flexibility index (Phi) is 9.04. The van der Waals surface area contributed by atoms with E-state index in [2.05, 4.69) is 10.3 Å². The molecule has 0 aliphatic rings. The first-order valence-electron chi connectivity index (χ1n) is 10.3. The van der Waals surface area contributed by atoms with Crippen molar-refractivity contribution in [2.75, 3.05) is 13.6 Å². The van der Waals surface area contributed by atoms with Crippen molar-refractivity contribution < 1.29 is 18.9 Å². The Bertz CT molecular complexity index is 1040. The highest BCUT2D eigenvalue weighted by Crippen LogP contribution is 2.36. The van der Waals surface area contributed by atoms with Crippen LogP contribution in [0.1, 0.15) is 37.8 Å². The maximum Gasteiger partial charge on any atom is 0.294 e. The number of pyridine rings is 1. The number of carbonyl (C=O) groups is 2. The van der Waals surface area contributed by atoms with Crippen molar-refractivity contribution in [1.82, 2.24) is 15.2 Å². The molecule has 10 heteroatoms. The van der Waals surface area contributed by atoms with Crippen molar-refractivity contribution in [3.8, 4) is 0 Å². The minimum Gasteiger partial charge on any atom is -0.369 e. The van der Waals surface area contributed by atoms with Crippen LogP contribution in [0.4, 0.5) is 4.39 Å². The SMILES string of the molecule is CCN(Cc1ccc(Cl)nc1)/C(NC)=C(/C(c1cccc(F)c1)C(C(C)=O)C(C)=O)[N+](=O)[O-]. The van der Waals surface area contributed by atoms with Crippen molar-refractivity contribution >= 4 is 23.2 Å². The maximum atomic E-state index is 14.1. The van der Waals surface area contributed by atoms with Crippen LogP contribution in [-0.4, -0.2) is 40.0 Å². The van der Waals surface area contributed by atoms with E-state index in [-0.39, 0.29) is 17.9 Å². The number of benzene rings is 1. The average Bonchev–Trinajstić information content (AvgIpc) is 2.75. The third-order valence-corrected chi connectivity index (χ3v) is 5.47. The van der Waals surface area contributed by atoms with Gasteiger partial charge in [-0.1, -0.05) is 29.8 Å². The Balaban J connectivity index is 2.76. The number of hydrogen-bond acceptors (Lipinski definition) is 7. The number of nitrogens with zero attached hydrogens (tertiary/aromatic N) is 3. The van der Waals surface area contributed by atoms with Gasteiger partial charge in [0.05, 0.1) is 16.8 Å². The average molecular weight is 477 g/mol. The third-order valence-electron chi connectivity index (χ3n) is 5.25. The predicted octanol–water partition coefficient (Wildman–Crippen LogP) is 3.94. The third kappa shape index (κ3) is 6.35. The van der Waals surface area contributed by atoms with Gasteiger partial charge in [-0.3, -0.25) is 19.7 Å². The quantitative estimate of drug-likeness (QED) is 0.226. The topological polar surface area (TPSA) is 105 Å². The van der Waals surface area contributed by atoms with E-state index >= 15 is 0 Å². The zero-order valence-electron chi connectivity index (χ0n) is 18.8. The first-order valence-corrected chi connectivity index (χ1v) is 10.7. The molecule has 0 bridgehead atoms. The minimum atomic E-state index is -1.36. The van der Waals surface area contributed by atoms with Crippen LogP contribution in [0, 0.1) is 21.8 Å². The molecule has 0 aliphatic heterocycles. The zero-order chi connectivity index (χ0) is 24.7. The fourth-order valence-corrected chi connectivity index (χ4v) is 3.94. The summed E-state index contributed by atoms with van der Waals surface area (Å²) in [6.45, 7) is 4.81. The number of halogens is 2. The van der Waals surface area contributed by atoms with Gasteiger partial charge < -0.3 is 10.2 Å². The second kappa shape index (κ2) is 11.5. The lowest BCUT2D eigenvalue weighted by atomic mass is 9.79. The van der Waals surface area contributed by atoms with Crippen molar-refractivity contribution in [3.63, 3.8) is 0 Å². The van der Waals surface area contributed by atoms with E-state index in [4.69, 9.17) is 11.6 Å². The summed E-state index contributed by atoms with van der Waals surface area (Å²) in [5, 5.41) is 15.6. The van der Waals surface area contributed by atoms with Gasteiger partial charge in [0.2, 0.25) is 0 Å². The smallest absolute Gasteiger partial charge is 0.294 e. The summed E-state index contributed by atoms with van der Waals surface area (Å²) in [4.78, 5) is 42.4. The Morgan fingerprint density at radius 2 is 1.91 bits per heavy atom. The number of ketones is 2. The molecule has 0 fully saturated rings.